The summed E-state index contributed by atoms with van der Waals surface area (Å²) in [6.07, 6.45) is 7.77. The van der Waals surface area contributed by atoms with E-state index in [1.54, 1.807) is 6.33 Å². The number of nitrogens with zero attached hydrogens (tertiary/aromatic N) is 5. The number of aliphatic hydroxyl groups is 1. The molecule has 2 aromatic rings. The molecule has 0 aromatic carbocycles. The molecule has 1 atom stereocenters. The fourth-order valence-corrected chi connectivity index (χ4v) is 5.18. The van der Waals surface area contributed by atoms with E-state index >= 15 is 0 Å². The summed E-state index contributed by atoms with van der Waals surface area (Å²) in [7, 11) is 0. The molecule has 9 heteroatoms. The molecule has 0 saturated carbocycles. The smallest absolute Gasteiger partial charge is 0.220 e. The number of aromatic nitrogens is 4. The first kappa shape index (κ1) is 18.7. The van der Waals surface area contributed by atoms with Gasteiger partial charge in [-0.05, 0) is 25.7 Å². The van der Waals surface area contributed by atoms with Crippen LogP contribution in [0.1, 0.15) is 32.1 Å². The van der Waals surface area contributed by atoms with Gasteiger partial charge in [-0.3, -0.25) is 4.79 Å². The standard InChI is InChI=1S/C20H28N6O3/c27-12-19(3-6-29-7-4-19)10-26-14-24-16-17(22-13-23-18(16)26)25-5-1-2-20(11-25)8-15(28)21-9-20/h13-14,27H,1-12H2,(H,21,28). The molecule has 3 fully saturated rings. The molecule has 9 nitrogen and oxygen atoms in total. The van der Waals surface area contributed by atoms with E-state index in [1.807, 2.05) is 10.9 Å². The number of anilines is 1. The van der Waals surface area contributed by atoms with Crippen LogP contribution < -0.4 is 10.2 Å². The Morgan fingerprint density at radius 3 is 2.83 bits per heavy atom. The van der Waals surface area contributed by atoms with Gasteiger partial charge in [0.2, 0.25) is 5.91 Å². The first-order valence-corrected chi connectivity index (χ1v) is 10.5. The highest BCUT2D eigenvalue weighted by molar-refractivity contribution is 5.84. The number of imidazole rings is 1. The molecule has 5 heterocycles. The lowest BCUT2D eigenvalue weighted by molar-refractivity contribution is -0.119. The van der Waals surface area contributed by atoms with Gasteiger partial charge < -0.3 is 24.6 Å². The van der Waals surface area contributed by atoms with Gasteiger partial charge in [0.05, 0.1) is 12.9 Å². The van der Waals surface area contributed by atoms with E-state index in [4.69, 9.17) is 4.74 Å². The molecule has 1 amide bonds. The highest BCUT2D eigenvalue weighted by atomic mass is 16.5. The van der Waals surface area contributed by atoms with Crippen LogP contribution >= 0.6 is 0 Å². The number of carbonyl (C=O) groups is 1. The first-order chi connectivity index (χ1) is 14.1. The van der Waals surface area contributed by atoms with Crippen LogP contribution in [0.3, 0.4) is 0 Å². The summed E-state index contributed by atoms with van der Waals surface area (Å²) in [5.41, 5.74) is 1.40. The molecule has 5 rings (SSSR count). The van der Waals surface area contributed by atoms with Crippen molar-refractivity contribution in [2.24, 2.45) is 10.8 Å². The summed E-state index contributed by atoms with van der Waals surface area (Å²) in [5, 5.41) is 13.0. The van der Waals surface area contributed by atoms with Crippen molar-refractivity contribution in [2.75, 3.05) is 44.4 Å². The Hall–Kier alpha value is -2.26. The number of amides is 1. The predicted molar refractivity (Wildman–Crippen MR) is 106 cm³/mol. The zero-order chi connectivity index (χ0) is 19.9. The average Bonchev–Trinajstić information content (AvgIpc) is 3.32. The maximum absolute atomic E-state index is 11.8. The summed E-state index contributed by atoms with van der Waals surface area (Å²) in [6.45, 7) is 4.61. The fourth-order valence-electron chi connectivity index (χ4n) is 5.18. The van der Waals surface area contributed by atoms with Crippen LogP contribution in [0.15, 0.2) is 12.7 Å². The highest BCUT2D eigenvalue weighted by Crippen LogP contribution is 2.39. The number of fused-ring (bicyclic) bond motifs is 1. The number of piperidine rings is 1. The molecular weight excluding hydrogens is 372 g/mol. The molecule has 3 saturated heterocycles. The van der Waals surface area contributed by atoms with Gasteiger partial charge in [-0.2, -0.15) is 0 Å². The van der Waals surface area contributed by atoms with Gasteiger partial charge in [0.15, 0.2) is 17.0 Å². The predicted octanol–water partition coefficient (Wildman–Crippen LogP) is 0.722. The van der Waals surface area contributed by atoms with Crippen molar-refractivity contribution in [3.05, 3.63) is 12.7 Å². The van der Waals surface area contributed by atoms with Crippen LogP contribution in [-0.2, 0) is 16.1 Å². The van der Waals surface area contributed by atoms with Crippen molar-refractivity contribution in [1.82, 2.24) is 24.8 Å². The highest BCUT2D eigenvalue weighted by Gasteiger charge is 2.42. The number of hydrogen-bond donors (Lipinski definition) is 2. The average molecular weight is 400 g/mol. The minimum absolute atomic E-state index is 0.00177. The van der Waals surface area contributed by atoms with Crippen molar-refractivity contribution >= 4 is 22.9 Å². The molecule has 1 spiro atoms. The van der Waals surface area contributed by atoms with Crippen LogP contribution in [0.25, 0.3) is 11.2 Å². The van der Waals surface area contributed by atoms with Crippen LogP contribution in [0, 0.1) is 10.8 Å². The molecule has 3 aliphatic heterocycles. The minimum atomic E-state index is -0.192. The van der Waals surface area contributed by atoms with Crippen LogP contribution in [0.4, 0.5) is 5.82 Å². The van der Waals surface area contributed by atoms with E-state index in [1.165, 1.54) is 0 Å². The molecule has 1 unspecified atom stereocenters. The Morgan fingerprint density at radius 2 is 2.07 bits per heavy atom. The monoisotopic (exact) mass is 400 g/mol. The normalized spacial score (nSPS) is 26.9. The van der Waals surface area contributed by atoms with Crippen molar-refractivity contribution < 1.29 is 14.6 Å². The van der Waals surface area contributed by atoms with Gasteiger partial charge in [0.25, 0.3) is 0 Å². The van der Waals surface area contributed by atoms with Crippen molar-refractivity contribution in [3.8, 4) is 0 Å². The quantitative estimate of drug-likeness (QED) is 0.779. The van der Waals surface area contributed by atoms with Crippen LogP contribution in [-0.4, -0.2) is 70.0 Å². The largest absolute Gasteiger partial charge is 0.396 e. The van der Waals surface area contributed by atoms with Crippen molar-refractivity contribution in [2.45, 2.75) is 38.6 Å². The maximum Gasteiger partial charge on any atom is 0.220 e. The topological polar surface area (TPSA) is 105 Å². The van der Waals surface area contributed by atoms with Gasteiger partial charge in [-0.1, -0.05) is 0 Å². The lowest BCUT2D eigenvalue weighted by atomic mass is 9.79. The second kappa shape index (κ2) is 7.21. The molecule has 0 radical (unpaired) electrons. The number of carbonyl (C=O) groups excluding carboxylic acids is 1. The Balaban J connectivity index is 1.43. The van der Waals surface area contributed by atoms with Gasteiger partial charge in [0.1, 0.15) is 6.33 Å². The Kier molecular flexibility index (Phi) is 4.66. The molecule has 0 aliphatic carbocycles. The number of rotatable bonds is 4. The van der Waals surface area contributed by atoms with Gasteiger partial charge in [0, 0.05) is 56.6 Å². The number of hydrogen-bond acceptors (Lipinski definition) is 7. The summed E-state index contributed by atoms with van der Waals surface area (Å²) in [5.74, 6) is 0.993. The minimum Gasteiger partial charge on any atom is -0.396 e. The lowest BCUT2D eigenvalue weighted by Gasteiger charge is -2.39. The second-order valence-corrected chi connectivity index (χ2v) is 8.99. The molecular formula is C20H28N6O3. The van der Waals surface area contributed by atoms with Crippen LogP contribution in [0.2, 0.25) is 0 Å². The van der Waals surface area contributed by atoms with E-state index in [-0.39, 0.29) is 23.3 Å². The summed E-state index contributed by atoms with van der Waals surface area (Å²) in [6, 6.07) is 0. The van der Waals surface area contributed by atoms with E-state index in [0.29, 0.717) is 26.2 Å². The van der Waals surface area contributed by atoms with Gasteiger partial charge in [-0.25, -0.2) is 15.0 Å². The fraction of sp³-hybridized carbons (Fsp3) is 0.700. The second-order valence-electron chi connectivity index (χ2n) is 8.99. The van der Waals surface area contributed by atoms with E-state index in [0.717, 1.165) is 62.3 Å². The summed E-state index contributed by atoms with van der Waals surface area (Å²) in [4.78, 5) is 27.8. The molecule has 0 bridgehead atoms. The molecule has 3 aliphatic rings. The Labute approximate surface area is 169 Å². The summed E-state index contributed by atoms with van der Waals surface area (Å²) < 4.78 is 7.53. The molecule has 2 aromatic heterocycles. The summed E-state index contributed by atoms with van der Waals surface area (Å²) >= 11 is 0. The zero-order valence-electron chi connectivity index (χ0n) is 16.6. The number of nitrogens with one attached hydrogen (secondary N) is 1. The molecule has 2 N–H and O–H groups in total. The Bertz CT molecular complexity index is 909. The maximum atomic E-state index is 11.8. The van der Waals surface area contributed by atoms with Crippen LogP contribution in [0.5, 0.6) is 0 Å². The van der Waals surface area contributed by atoms with Crippen molar-refractivity contribution in [1.29, 1.82) is 0 Å². The van der Waals surface area contributed by atoms with Crippen molar-refractivity contribution in [3.63, 3.8) is 0 Å². The lowest BCUT2D eigenvalue weighted by Crippen LogP contribution is -2.45. The number of ether oxygens (including phenoxy) is 1. The van der Waals surface area contributed by atoms with Gasteiger partial charge in [-0.15, -0.1) is 0 Å². The molecule has 156 valence electrons. The zero-order valence-corrected chi connectivity index (χ0v) is 16.6. The SMILES string of the molecule is O=C1CC2(CCCN(c3ncnc4c3ncn4CC3(CO)CCOCC3)C2)CN1. The third-order valence-electron chi connectivity index (χ3n) is 6.93. The molecule has 29 heavy (non-hydrogen) atoms. The van der Waals surface area contributed by atoms with E-state index in [2.05, 4.69) is 25.2 Å². The van der Waals surface area contributed by atoms with E-state index in [9.17, 15) is 9.90 Å². The third-order valence-corrected chi connectivity index (χ3v) is 6.93. The van der Waals surface area contributed by atoms with Gasteiger partial charge >= 0.3 is 0 Å². The van der Waals surface area contributed by atoms with E-state index < -0.39 is 0 Å². The first-order valence-electron chi connectivity index (χ1n) is 10.5. The third kappa shape index (κ3) is 3.36. The Morgan fingerprint density at radius 1 is 1.21 bits per heavy atom. The number of aliphatic hydroxyl groups excluding tert-OH is 1.